The zero-order chi connectivity index (χ0) is 17.5. The number of amides is 2. The Balaban J connectivity index is 1.76. The Bertz CT molecular complexity index is 596. The highest BCUT2D eigenvalue weighted by molar-refractivity contribution is 5.74. The summed E-state index contributed by atoms with van der Waals surface area (Å²) < 4.78 is 0. The van der Waals surface area contributed by atoms with E-state index < -0.39 is 0 Å². The largest absolute Gasteiger partial charge is 0.508 e. The van der Waals surface area contributed by atoms with Gasteiger partial charge in [-0.1, -0.05) is 24.3 Å². The highest BCUT2D eigenvalue weighted by atomic mass is 16.3. The summed E-state index contributed by atoms with van der Waals surface area (Å²) >= 11 is 0. The number of aromatic hydroxyl groups is 2. The second kappa shape index (κ2) is 8.24. The molecule has 0 bridgehead atoms. The summed E-state index contributed by atoms with van der Waals surface area (Å²) in [5.74, 6) is 0.473. The quantitative estimate of drug-likeness (QED) is 0.658. The van der Waals surface area contributed by atoms with Gasteiger partial charge in [-0.3, -0.25) is 0 Å². The summed E-state index contributed by atoms with van der Waals surface area (Å²) in [7, 11) is 0. The van der Waals surface area contributed by atoms with E-state index in [-0.39, 0.29) is 29.6 Å². The molecule has 2 rings (SSSR count). The highest BCUT2D eigenvalue weighted by Gasteiger charge is 2.11. The molecule has 0 aliphatic heterocycles. The Hall–Kier alpha value is -2.69. The van der Waals surface area contributed by atoms with Crippen LogP contribution in [0.1, 0.15) is 25.0 Å². The number of carbonyl (C=O) groups excluding carboxylic acids is 1. The normalized spacial score (nSPS) is 13.1. The molecular formula is C19H24N2O3. The third-order valence-corrected chi connectivity index (χ3v) is 3.71. The summed E-state index contributed by atoms with van der Waals surface area (Å²) in [5, 5.41) is 24.4. The van der Waals surface area contributed by atoms with E-state index in [4.69, 9.17) is 0 Å². The van der Waals surface area contributed by atoms with Crippen molar-refractivity contribution in [2.75, 3.05) is 0 Å². The van der Waals surface area contributed by atoms with Gasteiger partial charge in [0.05, 0.1) is 0 Å². The van der Waals surface area contributed by atoms with E-state index in [1.54, 1.807) is 24.3 Å². The number of hydrogen-bond acceptors (Lipinski definition) is 3. The molecule has 0 aromatic heterocycles. The maximum Gasteiger partial charge on any atom is 0.315 e. The molecule has 2 atom stereocenters. The summed E-state index contributed by atoms with van der Waals surface area (Å²) in [4.78, 5) is 12.1. The van der Waals surface area contributed by atoms with Crippen molar-refractivity contribution in [3.63, 3.8) is 0 Å². The standard InChI is InChI=1S/C19H24N2O3/c1-13(11-15-3-7-17(22)8-4-15)20-19(24)21-14(2)12-16-5-9-18(23)10-6-16/h3-10,13-14,22-23H,11-12H2,1-2H3,(H2,20,21,24)/t13-,14-/m1/s1. The second-order valence-corrected chi connectivity index (χ2v) is 6.16. The van der Waals surface area contributed by atoms with Gasteiger partial charge in [-0.25, -0.2) is 4.79 Å². The molecule has 0 saturated heterocycles. The van der Waals surface area contributed by atoms with Gasteiger partial charge in [0.1, 0.15) is 11.5 Å². The molecule has 4 N–H and O–H groups in total. The van der Waals surface area contributed by atoms with E-state index in [1.807, 2.05) is 38.1 Å². The third kappa shape index (κ3) is 5.83. The van der Waals surface area contributed by atoms with E-state index >= 15 is 0 Å². The van der Waals surface area contributed by atoms with Gasteiger partial charge in [0, 0.05) is 12.1 Å². The van der Waals surface area contributed by atoms with Crippen LogP contribution in [0, 0.1) is 0 Å². The van der Waals surface area contributed by atoms with Gasteiger partial charge in [-0.05, 0) is 62.1 Å². The van der Waals surface area contributed by atoms with Crippen LogP contribution in [0.3, 0.4) is 0 Å². The molecule has 2 aromatic carbocycles. The van der Waals surface area contributed by atoms with Crippen molar-refractivity contribution < 1.29 is 15.0 Å². The SMILES string of the molecule is C[C@H](Cc1ccc(O)cc1)NC(=O)N[C@H](C)Cc1ccc(O)cc1. The molecule has 0 aliphatic carbocycles. The molecule has 0 saturated carbocycles. The van der Waals surface area contributed by atoms with Crippen LogP contribution in [-0.4, -0.2) is 28.3 Å². The zero-order valence-electron chi connectivity index (χ0n) is 14.0. The molecule has 0 fully saturated rings. The smallest absolute Gasteiger partial charge is 0.315 e. The molecule has 24 heavy (non-hydrogen) atoms. The predicted octanol–water partition coefficient (Wildman–Crippen LogP) is 2.96. The fraction of sp³-hybridized carbons (Fsp3) is 0.316. The number of hydrogen-bond donors (Lipinski definition) is 4. The molecule has 0 unspecified atom stereocenters. The van der Waals surface area contributed by atoms with Crippen LogP contribution >= 0.6 is 0 Å². The summed E-state index contributed by atoms with van der Waals surface area (Å²) in [6.45, 7) is 3.88. The first kappa shape index (κ1) is 17.7. The topological polar surface area (TPSA) is 81.6 Å². The van der Waals surface area contributed by atoms with Crippen LogP contribution in [-0.2, 0) is 12.8 Å². The number of urea groups is 1. The number of phenolic OH excluding ortho intramolecular Hbond substituents is 2. The Labute approximate surface area is 142 Å². The summed E-state index contributed by atoms with van der Waals surface area (Å²) in [5.41, 5.74) is 2.11. The van der Waals surface area contributed by atoms with Crippen LogP contribution in [0.15, 0.2) is 48.5 Å². The first-order chi connectivity index (χ1) is 11.4. The Morgan fingerprint density at radius 1 is 0.792 bits per heavy atom. The average molecular weight is 328 g/mol. The van der Waals surface area contributed by atoms with Gasteiger partial charge in [-0.2, -0.15) is 0 Å². The molecular weight excluding hydrogens is 304 g/mol. The summed E-state index contributed by atoms with van der Waals surface area (Å²) in [6, 6.07) is 13.7. The number of carbonyl (C=O) groups is 1. The van der Waals surface area contributed by atoms with Gasteiger partial charge < -0.3 is 20.8 Å². The molecule has 0 aliphatic rings. The zero-order valence-corrected chi connectivity index (χ0v) is 14.0. The van der Waals surface area contributed by atoms with Crippen LogP contribution in [0.5, 0.6) is 11.5 Å². The van der Waals surface area contributed by atoms with E-state index in [2.05, 4.69) is 10.6 Å². The lowest BCUT2D eigenvalue weighted by atomic mass is 10.1. The minimum atomic E-state index is -0.201. The fourth-order valence-electron chi connectivity index (χ4n) is 2.56. The van der Waals surface area contributed by atoms with Crippen molar-refractivity contribution in [3.05, 3.63) is 59.7 Å². The predicted molar refractivity (Wildman–Crippen MR) is 94.2 cm³/mol. The number of nitrogens with one attached hydrogen (secondary N) is 2. The number of phenols is 2. The number of rotatable bonds is 6. The molecule has 5 nitrogen and oxygen atoms in total. The lowest BCUT2D eigenvalue weighted by Crippen LogP contribution is -2.45. The Kier molecular flexibility index (Phi) is 6.07. The molecule has 2 amide bonds. The van der Waals surface area contributed by atoms with Crippen molar-refractivity contribution in [2.45, 2.75) is 38.8 Å². The first-order valence-corrected chi connectivity index (χ1v) is 8.05. The van der Waals surface area contributed by atoms with Crippen molar-refractivity contribution in [1.29, 1.82) is 0 Å². The van der Waals surface area contributed by atoms with Crippen LogP contribution in [0.4, 0.5) is 4.79 Å². The molecule has 0 spiro atoms. The van der Waals surface area contributed by atoms with Gasteiger partial charge in [0.2, 0.25) is 0 Å². The lowest BCUT2D eigenvalue weighted by Gasteiger charge is -2.18. The maximum atomic E-state index is 12.1. The molecule has 5 heteroatoms. The summed E-state index contributed by atoms with van der Waals surface area (Å²) in [6.07, 6.45) is 1.39. The third-order valence-electron chi connectivity index (χ3n) is 3.71. The van der Waals surface area contributed by atoms with Crippen LogP contribution < -0.4 is 10.6 Å². The fourth-order valence-corrected chi connectivity index (χ4v) is 2.56. The van der Waals surface area contributed by atoms with Crippen LogP contribution in [0.25, 0.3) is 0 Å². The maximum absolute atomic E-state index is 12.1. The van der Waals surface area contributed by atoms with Crippen LogP contribution in [0.2, 0.25) is 0 Å². The monoisotopic (exact) mass is 328 g/mol. The van der Waals surface area contributed by atoms with Crippen molar-refractivity contribution in [3.8, 4) is 11.5 Å². The van der Waals surface area contributed by atoms with E-state index in [9.17, 15) is 15.0 Å². The van der Waals surface area contributed by atoms with Gasteiger partial charge in [-0.15, -0.1) is 0 Å². The second-order valence-electron chi connectivity index (χ2n) is 6.16. The van der Waals surface area contributed by atoms with Gasteiger partial charge in [0.15, 0.2) is 0 Å². The Morgan fingerprint density at radius 3 is 1.46 bits per heavy atom. The minimum absolute atomic E-state index is 0.0181. The van der Waals surface area contributed by atoms with Crippen molar-refractivity contribution in [1.82, 2.24) is 10.6 Å². The highest BCUT2D eigenvalue weighted by Crippen LogP contribution is 2.12. The van der Waals surface area contributed by atoms with Crippen molar-refractivity contribution in [2.24, 2.45) is 0 Å². The lowest BCUT2D eigenvalue weighted by molar-refractivity contribution is 0.234. The average Bonchev–Trinajstić information content (AvgIpc) is 2.51. The molecule has 0 radical (unpaired) electrons. The molecule has 0 heterocycles. The minimum Gasteiger partial charge on any atom is -0.508 e. The van der Waals surface area contributed by atoms with Gasteiger partial charge in [0.25, 0.3) is 0 Å². The number of benzene rings is 2. The van der Waals surface area contributed by atoms with Crippen molar-refractivity contribution >= 4 is 6.03 Å². The molecule has 128 valence electrons. The first-order valence-electron chi connectivity index (χ1n) is 8.05. The van der Waals surface area contributed by atoms with E-state index in [0.29, 0.717) is 12.8 Å². The Morgan fingerprint density at radius 2 is 1.12 bits per heavy atom. The molecule has 2 aromatic rings. The van der Waals surface area contributed by atoms with E-state index in [1.165, 1.54) is 0 Å². The van der Waals surface area contributed by atoms with E-state index in [0.717, 1.165) is 11.1 Å². The van der Waals surface area contributed by atoms with Gasteiger partial charge >= 0.3 is 6.03 Å².